The van der Waals surface area contributed by atoms with Crippen LogP contribution < -0.4 is 0 Å². The number of nitrogens with zero attached hydrogens (tertiary/aromatic N) is 1. The van der Waals surface area contributed by atoms with Crippen molar-refractivity contribution in [1.29, 1.82) is 0 Å². The van der Waals surface area contributed by atoms with Crippen molar-refractivity contribution in [2.24, 2.45) is 0 Å². The predicted octanol–water partition coefficient (Wildman–Crippen LogP) is 4.95. The van der Waals surface area contributed by atoms with Gasteiger partial charge in [0.1, 0.15) is 4.88 Å². The Morgan fingerprint density at radius 3 is 2.61 bits per heavy atom. The quantitative estimate of drug-likeness (QED) is 0.765. The van der Waals surface area contributed by atoms with Crippen LogP contribution in [0.15, 0.2) is 12.1 Å². The first-order valence-electron chi connectivity index (χ1n) is 5.28. The Morgan fingerprint density at radius 2 is 2.00 bits per heavy atom. The van der Waals surface area contributed by atoms with Gasteiger partial charge in [0.25, 0.3) is 5.91 Å². The lowest BCUT2D eigenvalue weighted by molar-refractivity contribution is 0.0807. The zero-order valence-corrected chi connectivity index (χ0v) is 12.8. The number of halogens is 3. The fourth-order valence-electron chi connectivity index (χ4n) is 1.57. The van der Waals surface area contributed by atoms with Gasteiger partial charge >= 0.3 is 0 Å². The topological polar surface area (TPSA) is 20.3 Å². The van der Waals surface area contributed by atoms with Gasteiger partial charge in [0.15, 0.2) is 0 Å². The monoisotopic (exact) mass is 321 g/mol. The van der Waals surface area contributed by atoms with Gasteiger partial charge in [0.05, 0.1) is 10.0 Å². The van der Waals surface area contributed by atoms with Crippen LogP contribution in [0, 0.1) is 0 Å². The molecule has 0 fully saturated rings. The lowest BCUT2D eigenvalue weighted by Crippen LogP contribution is -2.25. The highest BCUT2D eigenvalue weighted by Crippen LogP contribution is 2.41. The summed E-state index contributed by atoms with van der Waals surface area (Å²) in [5.74, 6) is -0.101. The molecule has 0 spiro atoms. The number of fused-ring (bicyclic) bond motifs is 1. The zero-order valence-electron chi connectivity index (χ0n) is 9.76. The Bertz CT molecular complexity index is 623. The van der Waals surface area contributed by atoms with Crippen molar-refractivity contribution in [1.82, 2.24) is 4.90 Å². The van der Waals surface area contributed by atoms with Crippen LogP contribution in [0.1, 0.15) is 16.6 Å². The van der Waals surface area contributed by atoms with Gasteiger partial charge in [0.2, 0.25) is 0 Å². The summed E-state index contributed by atoms with van der Waals surface area (Å²) in [6.07, 6.45) is 0. The fraction of sp³-hybridized carbons (Fsp3) is 0.250. The Morgan fingerprint density at radius 1 is 1.33 bits per heavy atom. The minimum Gasteiger partial charge on any atom is -0.341 e. The average molecular weight is 323 g/mol. The minimum absolute atomic E-state index is 0.101. The van der Waals surface area contributed by atoms with E-state index in [0.29, 0.717) is 31.9 Å². The van der Waals surface area contributed by atoms with Gasteiger partial charge < -0.3 is 4.90 Å². The molecule has 1 heterocycles. The SMILES string of the molecule is CCN(C)C(=O)c1sc2cc(Cl)cc(Cl)c2c1Cl. The first-order valence-corrected chi connectivity index (χ1v) is 7.23. The van der Waals surface area contributed by atoms with E-state index < -0.39 is 0 Å². The molecule has 0 aliphatic rings. The van der Waals surface area contributed by atoms with E-state index >= 15 is 0 Å². The number of hydrogen-bond acceptors (Lipinski definition) is 2. The second kappa shape index (κ2) is 5.25. The second-order valence-corrected chi connectivity index (χ2v) is 6.10. The van der Waals surface area contributed by atoms with Crippen molar-refractivity contribution < 1.29 is 4.79 Å². The molecule has 0 unspecified atom stereocenters. The van der Waals surface area contributed by atoms with Gasteiger partial charge in [0, 0.05) is 28.7 Å². The first kappa shape index (κ1) is 13.9. The van der Waals surface area contributed by atoms with Crippen molar-refractivity contribution in [2.75, 3.05) is 13.6 Å². The highest BCUT2D eigenvalue weighted by atomic mass is 35.5. The van der Waals surface area contributed by atoms with E-state index in [2.05, 4.69) is 0 Å². The third kappa shape index (κ3) is 2.32. The molecule has 1 aromatic heterocycles. The third-order valence-electron chi connectivity index (χ3n) is 2.66. The maximum atomic E-state index is 12.1. The fourth-order valence-corrected chi connectivity index (χ4v) is 3.93. The maximum absolute atomic E-state index is 12.1. The summed E-state index contributed by atoms with van der Waals surface area (Å²) in [5.41, 5.74) is 0. The van der Waals surface area contributed by atoms with E-state index in [4.69, 9.17) is 34.8 Å². The van der Waals surface area contributed by atoms with Gasteiger partial charge in [-0.25, -0.2) is 0 Å². The van der Waals surface area contributed by atoms with Crippen LogP contribution in [0.25, 0.3) is 10.1 Å². The summed E-state index contributed by atoms with van der Waals surface area (Å²) >= 11 is 19.6. The van der Waals surface area contributed by atoms with Gasteiger partial charge in [-0.3, -0.25) is 4.79 Å². The number of thiophene rings is 1. The summed E-state index contributed by atoms with van der Waals surface area (Å²) in [6.45, 7) is 2.53. The molecule has 0 saturated heterocycles. The molecule has 0 atom stereocenters. The second-order valence-electron chi connectivity index (χ2n) is 3.83. The van der Waals surface area contributed by atoms with Crippen molar-refractivity contribution in [3.63, 3.8) is 0 Å². The van der Waals surface area contributed by atoms with Crippen molar-refractivity contribution in [3.8, 4) is 0 Å². The molecule has 1 amide bonds. The van der Waals surface area contributed by atoms with Gasteiger partial charge in [-0.1, -0.05) is 34.8 Å². The Hall–Kier alpha value is -0.480. The summed E-state index contributed by atoms with van der Waals surface area (Å²) < 4.78 is 0.824. The molecule has 0 radical (unpaired) electrons. The summed E-state index contributed by atoms with van der Waals surface area (Å²) in [5, 5.41) is 2.10. The van der Waals surface area contributed by atoms with Crippen LogP contribution in [0.3, 0.4) is 0 Å². The van der Waals surface area contributed by atoms with Crippen molar-refractivity contribution >= 4 is 62.1 Å². The molecule has 96 valence electrons. The largest absolute Gasteiger partial charge is 0.341 e. The summed E-state index contributed by atoms with van der Waals surface area (Å²) in [7, 11) is 1.73. The Kier molecular flexibility index (Phi) is 4.07. The molecule has 0 aliphatic heterocycles. The number of carbonyl (C=O) groups excluding carboxylic acids is 1. The molecular weight excluding hydrogens is 313 g/mol. The number of amides is 1. The van der Waals surface area contributed by atoms with E-state index in [-0.39, 0.29) is 5.91 Å². The lowest BCUT2D eigenvalue weighted by Gasteiger charge is -2.12. The van der Waals surface area contributed by atoms with Crippen molar-refractivity contribution in [3.05, 3.63) is 32.1 Å². The molecule has 6 heteroatoms. The molecule has 0 N–H and O–H groups in total. The maximum Gasteiger partial charge on any atom is 0.265 e. The molecule has 18 heavy (non-hydrogen) atoms. The van der Waals surface area contributed by atoms with Crippen molar-refractivity contribution in [2.45, 2.75) is 6.92 Å². The standard InChI is InChI=1S/C12H10Cl3NOS/c1-3-16(2)12(17)11-10(15)9-7(14)4-6(13)5-8(9)18-11/h4-5H,3H2,1-2H3. The minimum atomic E-state index is -0.101. The molecule has 1 aromatic carbocycles. The first-order chi connectivity index (χ1) is 8.45. The highest BCUT2D eigenvalue weighted by molar-refractivity contribution is 7.21. The van der Waals surface area contributed by atoms with Gasteiger partial charge in [-0.05, 0) is 19.1 Å². The average Bonchev–Trinajstić information content (AvgIpc) is 2.64. The van der Waals surface area contributed by atoms with E-state index in [1.165, 1.54) is 11.3 Å². The molecule has 0 saturated carbocycles. The van der Waals surface area contributed by atoms with Crippen LogP contribution >= 0.6 is 46.1 Å². The summed E-state index contributed by atoms with van der Waals surface area (Å²) in [6, 6.07) is 3.39. The van der Waals surface area contributed by atoms with Crippen LogP contribution in [0.5, 0.6) is 0 Å². The Labute approximate surface area is 124 Å². The number of benzene rings is 1. The third-order valence-corrected chi connectivity index (χ3v) is 4.80. The number of carbonyl (C=O) groups is 1. The van der Waals surface area contributed by atoms with Crippen LogP contribution in [-0.4, -0.2) is 24.4 Å². The van der Waals surface area contributed by atoms with Crippen LogP contribution in [0.4, 0.5) is 0 Å². The molecule has 2 rings (SSSR count). The summed E-state index contributed by atoms with van der Waals surface area (Å²) in [4.78, 5) is 14.2. The highest BCUT2D eigenvalue weighted by Gasteiger charge is 2.21. The number of hydrogen-bond donors (Lipinski definition) is 0. The molecule has 0 aliphatic carbocycles. The van der Waals surface area contributed by atoms with Crippen LogP contribution in [-0.2, 0) is 0 Å². The normalized spacial score (nSPS) is 10.9. The van der Waals surface area contributed by atoms with Crippen LogP contribution in [0.2, 0.25) is 15.1 Å². The van der Waals surface area contributed by atoms with E-state index in [1.54, 1.807) is 24.1 Å². The Balaban J connectivity index is 2.64. The molecule has 0 bridgehead atoms. The molecule has 2 nitrogen and oxygen atoms in total. The van der Waals surface area contributed by atoms with Gasteiger partial charge in [-0.2, -0.15) is 0 Å². The predicted molar refractivity (Wildman–Crippen MR) is 79.5 cm³/mol. The lowest BCUT2D eigenvalue weighted by atomic mass is 10.2. The van der Waals surface area contributed by atoms with E-state index in [1.807, 2.05) is 6.92 Å². The zero-order chi connectivity index (χ0) is 13.4. The molecular formula is C12H10Cl3NOS. The molecule has 2 aromatic rings. The number of rotatable bonds is 2. The van der Waals surface area contributed by atoms with E-state index in [9.17, 15) is 4.79 Å². The van der Waals surface area contributed by atoms with E-state index in [0.717, 1.165) is 4.70 Å². The smallest absolute Gasteiger partial charge is 0.265 e. The van der Waals surface area contributed by atoms with Gasteiger partial charge in [-0.15, -0.1) is 11.3 Å².